The van der Waals surface area contributed by atoms with E-state index >= 15 is 0 Å². The molecule has 1 atom stereocenters. The number of para-hydroxylation sites is 1. The lowest BCUT2D eigenvalue weighted by atomic mass is 9.99. The fraction of sp³-hybridized carbons (Fsp3) is 0.200. The van der Waals surface area contributed by atoms with E-state index in [1.807, 2.05) is 0 Å². The number of fused-ring (bicyclic) bond motifs is 1. The Labute approximate surface area is 179 Å². The Bertz CT molecular complexity index is 1250. The van der Waals surface area contributed by atoms with Crippen molar-refractivity contribution in [3.8, 4) is 5.69 Å². The summed E-state index contributed by atoms with van der Waals surface area (Å²) in [6, 6.07) is 12.5. The number of carbonyl (C=O) groups is 1. The predicted octanol–water partition coefficient (Wildman–Crippen LogP) is 4.24. The van der Waals surface area contributed by atoms with Crippen molar-refractivity contribution in [1.29, 1.82) is 0 Å². The van der Waals surface area contributed by atoms with Gasteiger partial charge >= 0.3 is 6.18 Å². The van der Waals surface area contributed by atoms with Gasteiger partial charge in [-0.3, -0.25) is 4.79 Å². The van der Waals surface area contributed by atoms with Crippen molar-refractivity contribution in [3.05, 3.63) is 70.5 Å². The monoisotopic (exact) mass is 448 g/mol. The molecule has 0 bridgehead atoms. The third-order valence-electron chi connectivity index (χ3n) is 4.81. The Kier molecular flexibility index (Phi) is 5.40. The molecule has 2 aromatic heterocycles. The molecule has 0 aliphatic carbocycles. The van der Waals surface area contributed by atoms with Gasteiger partial charge in [0.05, 0.1) is 23.8 Å². The van der Waals surface area contributed by atoms with Gasteiger partial charge in [-0.05, 0) is 42.8 Å². The number of aromatic nitrogens is 5. The number of aromatic amines is 1. The van der Waals surface area contributed by atoms with Gasteiger partial charge < -0.3 is 5.32 Å². The number of benzene rings is 2. The van der Waals surface area contributed by atoms with E-state index in [0.717, 1.165) is 10.7 Å². The average Bonchev–Trinajstić information content (AvgIpc) is 3.38. The second-order valence-corrected chi connectivity index (χ2v) is 7.32. The van der Waals surface area contributed by atoms with E-state index < -0.39 is 17.8 Å². The van der Waals surface area contributed by atoms with Gasteiger partial charge in [-0.25, -0.2) is 4.68 Å². The number of hydrogen-bond donors (Lipinski definition) is 2. The number of rotatable bonds is 5. The molecule has 1 amide bonds. The maximum Gasteiger partial charge on any atom is 0.435 e. The topological polar surface area (TPSA) is 88.5 Å². The van der Waals surface area contributed by atoms with Crippen LogP contribution in [0.3, 0.4) is 0 Å². The van der Waals surface area contributed by atoms with Gasteiger partial charge in [-0.1, -0.05) is 29.8 Å². The molecule has 1 unspecified atom stereocenters. The van der Waals surface area contributed by atoms with Crippen molar-refractivity contribution < 1.29 is 18.0 Å². The zero-order valence-electron chi connectivity index (χ0n) is 16.1. The number of H-pyrrole nitrogens is 1. The minimum Gasteiger partial charge on any atom is -0.350 e. The SMILES string of the molecule is CC(C(=O)NCc1cc(C(F)(F)F)nn1-c1cccc(Cl)c1)c1cccc2n[nH]nc12. The van der Waals surface area contributed by atoms with E-state index in [1.165, 1.54) is 6.07 Å². The Morgan fingerprint density at radius 2 is 1.97 bits per heavy atom. The largest absolute Gasteiger partial charge is 0.435 e. The van der Waals surface area contributed by atoms with Crippen LogP contribution in [0.4, 0.5) is 13.2 Å². The maximum atomic E-state index is 13.2. The molecular weight excluding hydrogens is 433 g/mol. The molecule has 2 N–H and O–H groups in total. The van der Waals surface area contributed by atoms with Crippen LogP contribution in [0.25, 0.3) is 16.7 Å². The van der Waals surface area contributed by atoms with Crippen molar-refractivity contribution in [1.82, 2.24) is 30.5 Å². The molecule has 7 nitrogen and oxygen atoms in total. The molecule has 11 heteroatoms. The highest BCUT2D eigenvalue weighted by atomic mass is 35.5. The van der Waals surface area contributed by atoms with Crippen molar-refractivity contribution in [2.75, 3.05) is 0 Å². The van der Waals surface area contributed by atoms with E-state index in [0.29, 0.717) is 27.3 Å². The van der Waals surface area contributed by atoms with E-state index in [-0.39, 0.29) is 18.1 Å². The molecule has 31 heavy (non-hydrogen) atoms. The third-order valence-corrected chi connectivity index (χ3v) is 5.04. The number of nitrogens with zero attached hydrogens (tertiary/aromatic N) is 4. The smallest absolute Gasteiger partial charge is 0.350 e. The molecule has 160 valence electrons. The van der Waals surface area contributed by atoms with Gasteiger partial charge in [0.25, 0.3) is 0 Å². The molecular formula is C20H16ClF3N6O. The van der Waals surface area contributed by atoms with Crippen LogP contribution in [0.5, 0.6) is 0 Å². The van der Waals surface area contributed by atoms with Crippen molar-refractivity contribution >= 4 is 28.5 Å². The van der Waals surface area contributed by atoms with Crippen LogP contribution in [0, 0.1) is 0 Å². The number of halogens is 4. The Balaban J connectivity index is 1.59. The highest BCUT2D eigenvalue weighted by Gasteiger charge is 2.35. The number of hydrogen-bond acceptors (Lipinski definition) is 4. The normalized spacial score (nSPS) is 12.8. The molecule has 2 heterocycles. The zero-order valence-corrected chi connectivity index (χ0v) is 16.9. The highest BCUT2D eigenvalue weighted by molar-refractivity contribution is 6.30. The van der Waals surface area contributed by atoms with Crippen LogP contribution in [0.2, 0.25) is 5.02 Å². The van der Waals surface area contributed by atoms with E-state index in [9.17, 15) is 18.0 Å². The molecule has 0 spiro atoms. The number of nitrogens with one attached hydrogen (secondary N) is 2. The van der Waals surface area contributed by atoms with Gasteiger partial charge in [-0.15, -0.1) is 0 Å². The summed E-state index contributed by atoms with van der Waals surface area (Å²) >= 11 is 5.97. The number of carbonyl (C=O) groups excluding carboxylic acids is 1. The molecule has 2 aromatic carbocycles. The second kappa shape index (κ2) is 8.03. The minimum absolute atomic E-state index is 0.159. The fourth-order valence-corrected chi connectivity index (χ4v) is 3.41. The Morgan fingerprint density at radius 1 is 1.19 bits per heavy atom. The van der Waals surface area contributed by atoms with Gasteiger partial charge in [0.2, 0.25) is 5.91 Å². The van der Waals surface area contributed by atoms with Crippen LogP contribution in [-0.2, 0) is 17.5 Å². The Morgan fingerprint density at radius 3 is 2.71 bits per heavy atom. The summed E-state index contributed by atoms with van der Waals surface area (Å²) in [6.07, 6.45) is -4.63. The van der Waals surface area contributed by atoms with E-state index in [2.05, 4.69) is 25.8 Å². The first-order valence-corrected chi connectivity index (χ1v) is 9.61. The third kappa shape index (κ3) is 4.24. The van der Waals surface area contributed by atoms with Gasteiger partial charge in [-0.2, -0.15) is 33.7 Å². The Hall–Kier alpha value is -3.40. The zero-order chi connectivity index (χ0) is 22.2. The summed E-state index contributed by atoms with van der Waals surface area (Å²) in [6.45, 7) is 1.53. The molecule has 0 radical (unpaired) electrons. The predicted molar refractivity (Wildman–Crippen MR) is 108 cm³/mol. The first-order chi connectivity index (χ1) is 14.7. The standard InChI is InChI=1S/C20H16ClF3N6O/c1-11(15-6-3-7-16-18(15)27-29-26-16)19(31)25-10-14-9-17(20(22,23)24)28-30(14)13-5-2-4-12(21)8-13/h2-9,11H,10H2,1H3,(H,25,31)(H,26,27,29). The van der Waals surface area contributed by atoms with Gasteiger partial charge in [0.15, 0.2) is 5.69 Å². The first-order valence-electron chi connectivity index (χ1n) is 9.23. The molecule has 4 aromatic rings. The van der Waals surface area contributed by atoms with Crippen molar-refractivity contribution in [2.24, 2.45) is 0 Å². The molecule has 0 saturated carbocycles. The van der Waals surface area contributed by atoms with E-state index in [4.69, 9.17) is 11.6 Å². The summed E-state index contributed by atoms with van der Waals surface area (Å²) in [5.74, 6) is -0.971. The summed E-state index contributed by atoms with van der Waals surface area (Å²) < 4.78 is 40.8. The van der Waals surface area contributed by atoms with Crippen LogP contribution < -0.4 is 5.32 Å². The van der Waals surface area contributed by atoms with Gasteiger partial charge in [0.1, 0.15) is 11.0 Å². The summed E-state index contributed by atoms with van der Waals surface area (Å²) in [5, 5.41) is 17.3. The molecule has 0 aliphatic heterocycles. The fourth-order valence-electron chi connectivity index (χ4n) is 3.23. The lowest BCUT2D eigenvalue weighted by Crippen LogP contribution is -2.28. The van der Waals surface area contributed by atoms with Crippen LogP contribution in [0.1, 0.15) is 29.8 Å². The highest BCUT2D eigenvalue weighted by Crippen LogP contribution is 2.30. The van der Waals surface area contributed by atoms with Crippen LogP contribution >= 0.6 is 11.6 Å². The average molecular weight is 449 g/mol. The lowest BCUT2D eigenvalue weighted by Gasteiger charge is -2.14. The number of alkyl halides is 3. The first kappa shape index (κ1) is 20.9. The molecule has 4 rings (SSSR count). The summed E-state index contributed by atoms with van der Waals surface area (Å²) in [4.78, 5) is 12.7. The molecule has 0 fully saturated rings. The van der Waals surface area contributed by atoms with Crippen LogP contribution in [0.15, 0.2) is 48.5 Å². The van der Waals surface area contributed by atoms with Gasteiger partial charge in [0, 0.05) is 5.02 Å². The minimum atomic E-state index is -4.63. The van der Waals surface area contributed by atoms with Crippen LogP contribution in [-0.4, -0.2) is 31.1 Å². The molecule has 0 aliphatic rings. The van der Waals surface area contributed by atoms with E-state index in [1.54, 1.807) is 43.3 Å². The summed E-state index contributed by atoms with van der Waals surface area (Å²) in [5.41, 5.74) is 1.29. The lowest BCUT2D eigenvalue weighted by molar-refractivity contribution is -0.141. The van der Waals surface area contributed by atoms with Crippen molar-refractivity contribution in [2.45, 2.75) is 25.6 Å². The maximum absolute atomic E-state index is 13.2. The summed E-state index contributed by atoms with van der Waals surface area (Å²) in [7, 11) is 0. The molecule has 0 saturated heterocycles. The number of amides is 1. The second-order valence-electron chi connectivity index (χ2n) is 6.89. The quantitative estimate of drug-likeness (QED) is 0.478. The van der Waals surface area contributed by atoms with Crippen molar-refractivity contribution in [3.63, 3.8) is 0 Å².